The molecule has 0 aliphatic heterocycles. The molecule has 0 saturated heterocycles. The highest BCUT2D eigenvalue weighted by Gasteiger charge is 2.30. The average molecular weight is 269 g/mol. The Balaban J connectivity index is 2.40. The lowest BCUT2D eigenvalue weighted by atomic mass is 10.1. The third kappa shape index (κ3) is 2.78. The van der Waals surface area contributed by atoms with Crippen LogP contribution in [0.2, 0.25) is 0 Å². The number of benzene rings is 1. The van der Waals surface area contributed by atoms with Crippen molar-refractivity contribution in [3.8, 4) is 11.3 Å². The van der Waals surface area contributed by atoms with Gasteiger partial charge < -0.3 is 0 Å². The fraction of sp³-hybridized carbons (Fsp3) is 0.0769. The topological polar surface area (TPSA) is 30.0 Å². The highest BCUT2D eigenvalue weighted by atomic mass is 19.4. The van der Waals surface area contributed by atoms with Crippen LogP contribution in [0.4, 0.5) is 17.6 Å². The van der Waals surface area contributed by atoms with Crippen LogP contribution in [0.25, 0.3) is 11.3 Å². The van der Waals surface area contributed by atoms with Crippen molar-refractivity contribution in [3.05, 3.63) is 53.5 Å². The summed E-state index contributed by atoms with van der Waals surface area (Å²) in [5.74, 6) is -0.773. The van der Waals surface area contributed by atoms with Gasteiger partial charge in [-0.2, -0.15) is 13.2 Å². The second-order valence-corrected chi connectivity index (χ2v) is 3.78. The first-order valence-electron chi connectivity index (χ1n) is 5.20. The molecule has 2 aromatic rings. The van der Waals surface area contributed by atoms with Gasteiger partial charge in [0.1, 0.15) is 0 Å². The lowest BCUT2D eigenvalue weighted by Crippen LogP contribution is -2.04. The molecule has 0 atom stereocenters. The van der Waals surface area contributed by atoms with Crippen LogP contribution in [-0.2, 0) is 6.18 Å². The molecule has 2 rings (SSSR count). The van der Waals surface area contributed by atoms with Gasteiger partial charge in [-0.25, -0.2) is 4.39 Å². The van der Waals surface area contributed by atoms with Crippen LogP contribution < -0.4 is 0 Å². The van der Waals surface area contributed by atoms with Gasteiger partial charge in [-0.1, -0.05) is 12.1 Å². The molecule has 0 saturated carbocycles. The largest absolute Gasteiger partial charge is 0.416 e. The van der Waals surface area contributed by atoms with Crippen LogP contribution in [0.1, 0.15) is 15.9 Å². The van der Waals surface area contributed by atoms with Crippen molar-refractivity contribution in [1.82, 2.24) is 4.98 Å². The Kier molecular flexibility index (Phi) is 3.33. The first-order valence-corrected chi connectivity index (χ1v) is 5.20. The molecule has 1 aromatic heterocycles. The van der Waals surface area contributed by atoms with Gasteiger partial charge in [0.15, 0.2) is 12.1 Å². The van der Waals surface area contributed by atoms with Gasteiger partial charge in [-0.3, -0.25) is 9.78 Å². The van der Waals surface area contributed by atoms with Crippen molar-refractivity contribution in [2.45, 2.75) is 6.18 Å². The SMILES string of the molecule is O=Cc1cc(-c2ccc(C(F)(F)F)cc2)ncc1F. The molecule has 0 fully saturated rings. The molecule has 0 spiro atoms. The fourth-order valence-electron chi connectivity index (χ4n) is 1.53. The standard InChI is InChI=1S/C13H7F4NO/c14-11-6-18-12(5-9(11)7-19)8-1-3-10(4-2-8)13(15,16)17/h1-7H. The minimum absolute atomic E-state index is 0.190. The lowest BCUT2D eigenvalue weighted by Gasteiger charge is -2.07. The van der Waals surface area contributed by atoms with Gasteiger partial charge in [0.25, 0.3) is 0 Å². The van der Waals surface area contributed by atoms with Gasteiger partial charge in [-0.05, 0) is 18.2 Å². The van der Waals surface area contributed by atoms with Crippen LogP contribution >= 0.6 is 0 Å². The minimum atomic E-state index is -4.41. The van der Waals surface area contributed by atoms with Crippen molar-refractivity contribution in [2.24, 2.45) is 0 Å². The van der Waals surface area contributed by atoms with E-state index < -0.39 is 17.6 Å². The number of nitrogens with zero attached hydrogens (tertiary/aromatic N) is 1. The predicted molar refractivity (Wildman–Crippen MR) is 60.0 cm³/mol. The Bertz CT molecular complexity index is 605. The number of carbonyl (C=O) groups is 1. The maximum Gasteiger partial charge on any atom is 0.416 e. The summed E-state index contributed by atoms with van der Waals surface area (Å²) in [7, 11) is 0. The number of aromatic nitrogens is 1. The van der Waals surface area contributed by atoms with E-state index >= 15 is 0 Å². The van der Waals surface area contributed by atoms with Gasteiger partial charge in [0.2, 0.25) is 0 Å². The molecule has 1 aromatic carbocycles. The summed E-state index contributed by atoms with van der Waals surface area (Å²) in [5, 5.41) is 0. The molecule has 0 N–H and O–H groups in total. The first-order chi connectivity index (χ1) is 8.91. The number of rotatable bonds is 2. The Hall–Kier alpha value is -2.24. The number of pyridine rings is 1. The number of carbonyl (C=O) groups excluding carboxylic acids is 1. The molecule has 98 valence electrons. The molecule has 0 aliphatic carbocycles. The van der Waals surface area contributed by atoms with Crippen molar-refractivity contribution in [3.63, 3.8) is 0 Å². The molecule has 19 heavy (non-hydrogen) atoms. The first kappa shape index (κ1) is 13.2. The van der Waals surface area contributed by atoms with E-state index in [1.165, 1.54) is 18.2 Å². The smallest absolute Gasteiger partial charge is 0.298 e. The molecule has 0 aliphatic rings. The van der Waals surface area contributed by atoms with Crippen LogP contribution in [0.15, 0.2) is 36.5 Å². The second kappa shape index (κ2) is 4.79. The van der Waals surface area contributed by atoms with Crippen LogP contribution in [0.5, 0.6) is 0 Å². The Morgan fingerprint density at radius 1 is 1.11 bits per heavy atom. The minimum Gasteiger partial charge on any atom is -0.298 e. The highest BCUT2D eigenvalue weighted by Crippen LogP contribution is 2.30. The Morgan fingerprint density at radius 3 is 2.26 bits per heavy atom. The molecule has 0 radical (unpaired) electrons. The van der Waals surface area contributed by atoms with Crippen LogP contribution in [0, 0.1) is 5.82 Å². The van der Waals surface area contributed by atoms with E-state index in [4.69, 9.17) is 0 Å². The maximum atomic E-state index is 13.1. The molecule has 1 heterocycles. The zero-order chi connectivity index (χ0) is 14.0. The predicted octanol–water partition coefficient (Wildman–Crippen LogP) is 3.72. The summed E-state index contributed by atoms with van der Waals surface area (Å²) >= 11 is 0. The summed E-state index contributed by atoms with van der Waals surface area (Å²) in [6.07, 6.45) is -3.23. The van der Waals surface area contributed by atoms with Crippen molar-refractivity contribution >= 4 is 6.29 Å². The Labute approximate surface area is 105 Å². The zero-order valence-corrected chi connectivity index (χ0v) is 9.41. The number of hydrogen-bond acceptors (Lipinski definition) is 2. The van der Waals surface area contributed by atoms with E-state index in [0.29, 0.717) is 11.8 Å². The van der Waals surface area contributed by atoms with Crippen LogP contribution in [0.3, 0.4) is 0 Å². The van der Waals surface area contributed by atoms with Crippen molar-refractivity contribution < 1.29 is 22.4 Å². The van der Waals surface area contributed by atoms with Crippen molar-refractivity contribution in [2.75, 3.05) is 0 Å². The monoisotopic (exact) mass is 269 g/mol. The zero-order valence-electron chi connectivity index (χ0n) is 9.41. The van der Waals surface area contributed by atoms with E-state index in [1.807, 2.05) is 0 Å². The summed E-state index contributed by atoms with van der Waals surface area (Å²) < 4.78 is 50.2. The van der Waals surface area contributed by atoms with Gasteiger partial charge in [0, 0.05) is 5.56 Å². The highest BCUT2D eigenvalue weighted by molar-refractivity contribution is 5.77. The molecule has 0 bridgehead atoms. The van der Waals surface area contributed by atoms with E-state index in [-0.39, 0.29) is 11.3 Å². The second-order valence-electron chi connectivity index (χ2n) is 3.78. The molecule has 0 unspecified atom stereocenters. The van der Waals surface area contributed by atoms with E-state index in [1.54, 1.807) is 0 Å². The molecular formula is C13H7F4NO. The lowest BCUT2D eigenvalue weighted by molar-refractivity contribution is -0.137. The third-order valence-electron chi connectivity index (χ3n) is 2.52. The number of halogens is 4. The average Bonchev–Trinajstić information content (AvgIpc) is 2.38. The summed E-state index contributed by atoms with van der Waals surface area (Å²) in [6.45, 7) is 0. The van der Waals surface area contributed by atoms with E-state index in [9.17, 15) is 22.4 Å². The van der Waals surface area contributed by atoms with Crippen LogP contribution in [-0.4, -0.2) is 11.3 Å². The Morgan fingerprint density at radius 2 is 1.74 bits per heavy atom. The van der Waals surface area contributed by atoms with Crippen molar-refractivity contribution in [1.29, 1.82) is 0 Å². The van der Waals surface area contributed by atoms with Gasteiger partial charge >= 0.3 is 6.18 Å². The fourth-order valence-corrected chi connectivity index (χ4v) is 1.53. The summed E-state index contributed by atoms with van der Waals surface area (Å²) in [6, 6.07) is 5.43. The van der Waals surface area contributed by atoms with E-state index in [2.05, 4.69) is 4.98 Å². The van der Waals surface area contributed by atoms with Gasteiger partial charge in [0.05, 0.1) is 23.0 Å². The van der Waals surface area contributed by atoms with E-state index in [0.717, 1.165) is 18.3 Å². The number of aldehydes is 1. The number of hydrogen-bond donors (Lipinski definition) is 0. The summed E-state index contributed by atoms with van der Waals surface area (Å²) in [5.41, 5.74) is -0.368. The summed E-state index contributed by atoms with van der Waals surface area (Å²) in [4.78, 5) is 14.3. The molecule has 0 amide bonds. The molecule has 6 heteroatoms. The quantitative estimate of drug-likeness (QED) is 0.614. The molecule has 2 nitrogen and oxygen atoms in total. The van der Waals surface area contributed by atoms with Gasteiger partial charge in [-0.15, -0.1) is 0 Å². The normalized spacial score (nSPS) is 11.4. The third-order valence-corrected chi connectivity index (χ3v) is 2.52. The number of alkyl halides is 3. The maximum absolute atomic E-state index is 13.1. The molecular weight excluding hydrogens is 262 g/mol.